The summed E-state index contributed by atoms with van der Waals surface area (Å²) in [6.45, 7) is 3.05. The molecule has 1 aliphatic heterocycles. The van der Waals surface area contributed by atoms with Gasteiger partial charge in [0.1, 0.15) is 0 Å². The van der Waals surface area contributed by atoms with Crippen LogP contribution in [0, 0.1) is 0 Å². The largest absolute Gasteiger partial charge is 0.339 e. The molecule has 0 saturated carbocycles. The van der Waals surface area contributed by atoms with Gasteiger partial charge < -0.3 is 4.90 Å². The molecule has 2 nitrogen and oxygen atoms in total. The van der Waals surface area contributed by atoms with E-state index in [0.29, 0.717) is 6.04 Å². The number of amides is 1. The summed E-state index contributed by atoms with van der Waals surface area (Å²) in [6.07, 6.45) is 3.06. The molecule has 0 aromatic carbocycles. The molecule has 0 radical (unpaired) electrons. The van der Waals surface area contributed by atoms with E-state index in [0.717, 1.165) is 25.8 Å². The number of alkyl halides is 1. The van der Waals surface area contributed by atoms with Crippen LogP contribution in [-0.2, 0) is 11.2 Å². The lowest BCUT2D eigenvalue weighted by Gasteiger charge is -2.34. The quantitative estimate of drug-likeness (QED) is 0.786. The van der Waals surface area contributed by atoms with Crippen molar-refractivity contribution in [3.8, 4) is 0 Å². The van der Waals surface area contributed by atoms with Gasteiger partial charge in [-0.15, -0.1) is 11.3 Å². The van der Waals surface area contributed by atoms with Gasteiger partial charge in [-0.3, -0.25) is 4.79 Å². The van der Waals surface area contributed by atoms with Crippen LogP contribution in [-0.4, -0.2) is 28.2 Å². The molecule has 2 heterocycles. The normalized spacial score (nSPS) is 23.5. The average molecular weight is 302 g/mol. The Labute approximate surface area is 109 Å². The van der Waals surface area contributed by atoms with Crippen molar-refractivity contribution in [3.05, 3.63) is 22.4 Å². The summed E-state index contributed by atoms with van der Waals surface area (Å²) in [5, 5.41) is 2.09. The van der Waals surface area contributed by atoms with Crippen molar-refractivity contribution >= 4 is 33.2 Å². The van der Waals surface area contributed by atoms with Crippen LogP contribution in [0.1, 0.15) is 24.6 Å². The Morgan fingerprint density at radius 2 is 2.50 bits per heavy atom. The Hall–Kier alpha value is -0.350. The third-order valence-electron chi connectivity index (χ3n) is 3.02. The Balaban J connectivity index is 1.98. The highest BCUT2D eigenvalue weighted by atomic mass is 79.9. The van der Waals surface area contributed by atoms with Crippen molar-refractivity contribution in [2.24, 2.45) is 0 Å². The lowest BCUT2D eigenvalue weighted by Crippen LogP contribution is -2.47. The summed E-state index contributed by atoms with van der Waals surface area (Å²) in [6, 6.07) is 4.52. The smallest absolute Gasteiger partial charge is 0.236 e. The molecule has 4 heteroatoms. The zero-order valence-corrected chi connectivity index (χ0v) is 11.8. The predicted molar refractivity (Wildman–Crippen MR) is 71.1 cm³/mol. The first-order chi connectivity index (χ1) is 7.68. The monoisotopic (exact) mass is 301 g/mol. The SMILES string of the molecule is CC(Cc1cccs1)N1CCCC(Br)C1=O. The molecule has 0 bridgehead atoms. The molecule has 2 unspecified atom stereocenters. The molecular formula is C12H16BrNOS. The highest BCUT2D eigenvalue weighted by molar-refractivity contribution is 9.10. The number of halogens is 1. The maximum Gasteiger partial charge on any atom is 0.236 e. The number of carbonyl (C=O) groups is 1. The maximum atomic E-state index is 12.0. The van der Waals surface area contributed by atoms with E-state index >= 15 is 0 Å². The van der Waals surface area contributed by atoms with Gasteiger partial charge in [-0.05, 0) is 31.2 Å². The van der Waals surface area contributed by atoms with Gasteiger partial charge in [-0.1, -0.05) is 22.0 Å². The van der Waals surface area contributed by atoms with Gasteiger partial charge in [-0.25, -0.2) is 0 Å². The number of nitrogens with zero attached hydrogens (tertiary/aromatic N) is 1. The van der Waals surface area contributed by atoms with Crippen LogP contribution in [0.25, 0.3) is 0 Å². The second-order valence-corrected chi connectivity index (χ2v) is 6.41. The summed E-state index contributed by atoms with van der Waals surface area (Å²) < 4.78 is 0. The van der Waals surface area contributed by atoms with E-state index in [9.17, 15) is 4.79 Å². The van der Waals surface area contributed by atoms with Crippen LogP contribution in [0.15, 0.2) is 17.5 Å². The number of hydrogen-bond donors (Lipinski definition) is 0. The van der Waals surface area contributed by atoms with Crippen LogP contribution in [0.5, 0.6) is 0 Å². The highest BCUT2D eigenvalue weighted by Gasteiger charge is 2.29. The molecule has 88 valence electrons. The van der Waals surface area contributed by atoms with Gasteiger partial charge >= 0.3 is 0 Å². The molecule has 1 aliphatic rings. The molecule has 0 aliphatic carbocycles. The van der Waals surface area contributed by atoms with E-state index in [1.807, 2.05) is 4.90 Å². The minimum Gasteiger partial charge on any atom is -0.339 e. The lowest BCUT2D eigenvalue weighted by molar-refractivity contribution is -0.134. The Kier molecular flexibility index (Phi) is 4.03. The summed E-state index contributed by atoms with van der Waals surface area (Å²) in [7, 11) is 0. The zero-order valence-electron chi connectivity index (χ0n) is 9.36. The van der Waals surface area contributed by atoms with Gasteiger partial charge in [0.15, 0.2) is 0 Å². The molecular weight excluding hydrogens is 286 g/mol. The number of hydrogen-bond acceptors (Lipinski definition) is 2. The predicted octanol–water partition coefficient (Wildman–Crippen LogP) is 3.07. The van der Waals surface area contributed by atoms with Gasteiger partial charge in [0.25, 0.3) is 0 Å². The Morgan fingerprint density at radius 1 is 1.69 bits per heavy atom. The molecule has 2 rings (SSSR count). The standard InChI is InChI=1S/C12H16BrNOS/c1-9(8-10-4-3-7-16-10)14-6-2-5-11(13)12(14)15/h3-4,7,9,11H,2,5-6,8H2,1H3. The number of thiophene rings is 1. The third-order valence-corrected chi connectivity index (χ3v) is 4.76. The third kappa shape index (κ3) is 2.66. The minimum absolute atomic E-state index is 0.0343. The first-order valence-corrected chi connectivity index (χ1v) is 7.45. The van der Waals surface area contributed by atoms with Crippen LogP contribution < -0.4 is 0 Å². The van der Waals surface area contributed by atoms with Gasteiger partial charge in [0, 0.05) is 23.9 Å². The molecule has 1 amide bonds. The highest BCUT2D eigenvalue weighted by Crippen LogP contribution is 2.22. The van der Waals surface area contributed by atoms with Crippen LogP contribution in [0.3, 0.4) is 0 Å². The van der Waals surface area contributed by atoms with Gasteiger partial charge in [0.2, 0.25) is 5.91 Å². The maximum absolute atomic E-state index is 12.0. The van der Waals surface area contributed by atoms with Crippen molar-refractivity contribution in [2.45, 2.75) is 37.1 Å². The molecule has 1 aromatic heterocycles. The fourth-order valence-corrected chi connectivity index (χ4v) is 3.54. The average Bonchev–Trinajstić information content (AvgIpc) is 2.74. The summed E-state index contributed by atoms with van der Waals surface area (Å²) in [5.74, 6) is 0.260. The van der Waals surface area contributed by atoms with E-state index in [4.69, 9.17) is 0 Å². The molecule has 1 saturated heterocycles. The van der Waals surface area contributed by atoms with Crippen LogP contribution in [0.2, 0.25) is 0 Å². The summed E-state index contributed by atoms with van der Waals surface area (Å²) in [4.78, 5) is 15.4. The number of carbonyl (C=O) groups excluding carboxylic acids is 1. The minimum atomic E-state index is 0.0343. The molecule has 1 aromatic rings. The van der Waals surface area contributed by atoms with Crippen LogP contribution >= 0.6 is 27.3 Å². The van der Waals surface area contributed by atoms with E-state index in [-0.39, 0.29) is 10.7 Å². The number of likely N-dealkylation sites (tertiary alicyclic amines) is 1. The fraction of sp³-hybridized carbons (Fsp3) is 0.583. The zero-order chi connectivity index (χ0) is 11.5. The molecule has 0 N–H and O–H groups in total. The van der Waals surface area contributed by atoms with Crippen molar-refractivity contribution in [2.75, 3.05) is 6.54 Å². The van der Waals surface area contributed by atoms with Crippen LogP contribution in [0.4, 0.5) is 0 Å². The number of piperidine rings is 1. The molecule has 2 atom stereocenters. The topological polar surface area (TPSA) is 20.3 Å². The van der Waals surface area contributed by atoms with E-state index < -0.39 is 0 Å². The summed E-state index contributed by atoms with van der Waals surface area (Å²) >= 11 is 5.22. The fourth-order valence-electron chi connectivity index (χ4n) is 2.12. The second kappa shape index (κ2) is 5.32. The van der Waals surface area contributed by atoms with E-state index in [1.54, 1.807) is 11.3 Å². The molecule has 0 spiro atoms. The van der Waals surface area contributed by atoms with Gasteiger partial charge in [-0.2, -0.15) is 0 Å². The Bertz CT molecular complexity index is 352. The first kappa shape index (κ1) is 12.1. The van der Waals surface area contributed by atoms with Gasteiger partial charge in [0.05, 0.1) is 4.83 Å². The lowest BCUT2D eigenvalue weighted by atomic mass is 10.1. The van der Waals surface area contributed by atoms with E-state index in [2.05, 4.69) is 40.4 Å². The molecule has 16 heavy (non-hydrogen) atoms. The van der Waals surface area contributed by atoms with Crippen molar-refractivity contribution < 1.29 is 4.79 Å². The van der Waals surface area contributed by atoms with E-state index in [1.165, 1.54) is 4.88 Å². The number of rotatable bonds is 3. The van der Waals surface area contributed by atoms with Crippen molar-refractivity contribution in [1.29, 1.82) is 0 Å². The van der Waals surface area contributed by atoms with Crippen molar-refractivity contribution in [1.82, 2.24) is 4.90 Å². The molecule has 1 fully saturated rings. The summed E-state index contributed by atoms with van der Waals surface area (Å²) in [5.41, 5.74) is 0. The first-order valence-electron chi connectivity index (χ1n) is 5.65. The van der Waals surface area contributed by atoms with Crippen molar-refractivity contribution in [3.63, 3.8) is 0 Å². The Morgan fingerprint density at radius 3 is 3.19 bits per heavy atom. The second-order valence-electron chi connectivity index (χ2n) is 4.27.